The summed E-state index contributed by atoms with van der Waals surface area (Å²) in [7, 11) is 0. The van der Waals surface area contributed by atoms with Crippen molar-refractivity contribution in [1.82, 2.24) is 10.3 Å². The van der Waals surface area contributed by atoms with Gasteiger partial charge in [-0.2, -0.15) is 0 Å². The monoisotopic (exact) mass is 344 g/mol. The lowest BCUT2D eigenvalue weighted by Crippen LogP contribution is -2.25. The van der Waals surface area contributed by atoms with Crippen LogP contribution in [0, 0.1) is 17.7 Å². The Morgan fingerprint density at radius 2 is 2.20 bits per heavy atom. The number of nitrogens with zero attached hydrogens (tertiary/aromatic N) is 1. The van der Waals surface area contributed by atoms with E-state index >= 15 is 0 Å². The number of fused-ring (bicyclic) bond motifs is 2. The Labute approximate surface area is 147 Å². The molecule has 0 fully saturated rings. The van der Waals surface area contributed by atoms with E-state index in [0.717, 1.165) is 25.0 Å². The summed E-state index contributed by atoms with van der Waals surface area (Å²) in [6, 6.07) is 4.95. The molecule has 0 aliphatic heterocycles. The molecule has 1 aromatic carbocycles. The van der Waals surface area contributed by atoms with Crippen LogP contribution in [0.1, 0.15) is 48.3 Å². The maximum absolute atomic E-state index is 14.5. The third kappa shape index (κ3) is 3.82. The Balaban J connectivity index is 1.93. The highest BCUT2D eigenvalue weighted by Crippen LogP contribution is 2.32. The van der Waals surface area contributed by atoms with E-state index in [9.17, 15) is 9.18 Å². The van der Waals surface area contributed by atoms with Gasteiger partial charge >= 0.3 is 0 Å². The fourth-order valence-corrected chi connectivity index (χ4v) is 3.51. The van der Waals surface area contributed by atoms with Crippen LogP contribution in [-0.2, 0) is 12.8 Å². The van der Waals surface area contributed by atoms with E-state index in [1.807, 2.05) is 6.07 Å². The van der Waals surface area contributed by atoms with Crippen LogP contribution < -0.4 is 5.32 Å². The molecule has 3 rings (SSSR count). The number of amides is 1. The number of aryl methyl sites for hydroxylation is 1. The van der Waals surface area contributed by atoms with Crippen LogP contribution in [0.15, 0.2) is 18.2 Å². The summed E-state index contributed by atoms with van der Waals surface area (Å²) in [6.07, 6.45) is 3.42. The number of nitrogens with one attached hydrogen (secondary N) is 1. The van der Waals surface area contributed by atoms with Crippen LogP contribution in [0.4, 0.5) is 4.39 Å². The second kappa shape index (κ2) is 7.48. The van der Waals surface area contributed by atoms with Gasteiger partial charge in [-0.1, -0.05) is 13.8 Å². The van der Waals surface area contributed by atoms with Crippen molar-refractivity contribution in [2.45, 2.75) is 39.5 Å². The smallest absolute Gasteiger partial charge is 0.251 e. The third-order valence-electron chi connectivity index (χ3n) is 5.10. The van der Waals surface area contributed by atoms with Crippen molar-refractivity contribution in [2.24, 2.45) is 11.8 Å². The van der Waals surface area contributed by atoms with Gasteiger partial charge in [-0.15, -0.1) is 0 Å². The molecule has 2 N–H and O–H groups in total. The van der Waals surface area contributed by atoms with Crippen molar-refractivity contribution in [3.63, 3.8) is 0 Å². The first-order chi connectivity index (χ1) is 12.0. The van der Waals surface area contributed by atoms with E-state index in [0.29, 0.717) is 41.3 Å². The second-order valence-electron chi connectivity index (χ2n) is 7.20. The molecular formula is C20H25FN2O2. The fraction of sp³-hybridized carbons (Fsp3) is 0.500. The van der Waals surface area contributed by atoms with Crippen molar-refractivity contribution < 1.29 is 14.3 Å². The maximum atomic E-state index is 14.5. The van der Waals surface area contributed by atoms with E-state index in [-0.39, 0.29) is 12.5 Å². The van der Waals surface area contributed by atoms with Gasteiger partial charge in [-0.3, -0.25) is 4.79 Å². The van der Waals surface area contributed by atoms with E-state index in [4.69, 9.17) is 5.11 Å². The van der Waals surface area contributed by atoms with Crippen LogP contribution in [0.5, 0.6) is 0 Å². The first-order valence-electron chi connectivity index (χ1n) is 9.00. The summed E-state index contributed by atoms with van der Waals surface area (Å²) in [5, 5.41) is 12.2. The van der Waals surface area contributed by atoms with Crippen LogP contribution in [-0.4, -0.2) is 29.1 Å². The Hall–Kier alpha value is -2.01. The Bertz CT molecular complexity index is 789. The minimum Gasteiger partial charge on any atom is -0.396 e. The molecular weight excluding hydrogens is 319 g/mol. The molecule has 1 heterocycles. The molecule has 1 aliphatic carbocycles. The van der Waals surface area contributed by atoms with Crippen molar-refractivity contribution in [1.29, 1.82) is 0 Å². The molecule has 1 amide bonds. The Morgan fingerprint density at radius 1 is 1.40 bits per heavy atom. The summed E-state index contributed by atoms with van der Waals surface area (Å²) in [5.74, 6) is 0.455. The van der Waals surface area contributed by atoms with Crippen molar-refractivity contribution in [3.8, 4) is 0 Å². The van der Waals surface area contributed by atoms with Gasteiger partial charge in [0, 0.05) is 29.8 Å². The lowest BCUT2D eigenvalue weighted by molar-refractivity contribution is 0.0951. The molecule has 0 saturated heterocycles. The Morgan fingerprint density at radius 3 is 2.92 bits per heavy atom. The van der Waals surface area contributed by atoms with Gasteiger partial charge < -0.3 is 10.4 Å². The van der Waals surface area contributed by atoms with Crippen LogP contribution in [0.2, 0.25) is 0 Å². The number of rotatable bonds is 5. The zero-order valence-electron chi connectivity index (χ0n) is 14.8. The van der Waals surface area contributed by atoms with E-state index in [1.165, 1.54) is 11.6 Å². The van der Waals surface area contributed by atoms with Crippen LogP contribution >= 0.6 is 0 Å². The fourth-order valence-electron chi connectivity index (χ4n) is 3.51. The molecule has 0 bridgehead atoms. The summed E-state index contributed by atoms with van der Waals surface area (Å²) in [5.41, 5.74) is 2.80. The molecule has 1 atom stereocenters. The predicted molar refractivity (Wildman–Crippen MR) is 96.1 cm³/mol. The molecule has 1 aliphatic rings. The van der Waals surface area contributed by atoms with E-state index in [2.05, 4.69) is 24.1 Å². The number of aliphatic hydroxyl groups excluding tert-OH is 1. The number of halogens is 1. The molecule has 134 valence electrons. The summed E-state index contributed by atoms with van der Waals surface area (Å²) >= 11 is 0. The average Bonchev–Trinajstić information content (AvgIpc) is 2.59. The number of carbonyl (C=O) groups excluding carboxylic acids is 1. The normalized spacial score (nSPS) is 16.9. The van der Waals surface area contributed by atoms with Crippen LogP contribution in [0.3, 0.4) is 0 Å². The molecule has 1 unspecified atom stereocenters. The third-order valence-corrected chi connectivity index (χ3v) is 5.10. The number of hydrogen-bond donors (Lipinski definition) is 2. The molecule has 5 heteroatoms. The Kier molecular flexibility index (Phi) is 5.33. The largest absolute Gasteiger partial charge is 0.396 e. The highest BCUT2D eigenvalue weighted by molar-refractivity contribution is 5.98. The molecule has 0 saturated carbocycles. The zero-order valence-corrected chi connectivity index (χ0v) is 14.8. The van der Waals surface area contributed by atoms with E-state index in [1.54, 1.807) is 6.07 Å². The van der Waals surface area contributed by atoms with Gasteiger partial charge in [0.05, 0.1) is 0 Å². The predicted octanol–water partition coefficient (Wildman–Crippen LogP) is 3.25. The van der Waals surface area contributed by atoms with Crippen molar-refractivity contribution in [3.05, 3.63) is 40.8 Å². The summed E-state index contributed by atoms with van der Waals surface area (Å²) in [4.78, 5) is 16.7. The highest BCUT2D eigenvalue weighted by Gasteiger charge is 2.23. The number of carbonyl (C=O) groups is 1. The minimum absolute atomic E-state index is 0.0133. The average molecular weight is 344 g/mol. The highest BCUT2D eigenvalue weighted by atomic mass is 19.1. The lowest BCUT2D eigenvalue weighted by atomic mass is 9.80. The van der Waals surface area contributed by atoms with Crippen molar-refractivity contribution in [2.75, 3.05) is 13.2 Å². The van der Waals surface area contributed by atoms with E-state index < -0.39 is 5.82 Å². The number of aliphatic hydroxyl groups is 1. The SMILES string of the molecule is CC(C)C1CCc2nc3c(F)cc(C(=O)NCCCO)cc3cc2C1. The summed E-state index contributed by atoms with van der Waals surface area (Å²) < 4.78 is 14.5. The second-order valence-corrected chi connectivity index (χ2v) is 7.20. The van der Waals surface area contributed by atoms with Gasteiger partial charge in [0.15, 0.2) is 0 Å². The zero-order chi connectivity index (χ0) is 18.0. The standard InChI is InChI=1S/C20H25FN2O2/c1-12(2)13-4-5-18-14(8-13)9-15-10-16(11-17(21)19(15)23-18)20(25)22-6-3-7-24/h9-13,24H,3-8H2,1-2H3,(H,22,25). The minimum atomic E-state index is -0.460. The number of benzene rings is 1. The van der Waals surface area contributed by atoms with Gasteiger partial charge in [0.2, 0.25) is 0 Å². The molecule has 4 nitrogen and oxygen atoms in total. The van der Waals surface area contributed by atoms with Crippen LogP contribution in [0.25, 0.3) is 10.9 Å². The first-order valence-corrected chi connectivity index (χ1v) is 9.00. The topological polar surface area (TPSA) is 62.2 Å². The number of pyridine rings is 1. The van der Waals surface area contributed by atoms with Gasteiger partial charge in [0.1, 0.15) is 11.3 Å². The van der Waals surface area contributed by atoms with Gasteiger partial charge in [0.25, 0.3) is 5.91 Å². The number of hydrogen-bond acceptors (Lipinski definition) is 3. The quantitative estimate of drug-likeness (QED) is 0.819. The first kappa shape index (κ1) is 17.8. The maximum Gasteiger partial charge on any atom is 0.251 e. The molecule has 2 aromatic rings. The molecule has 1 aromatic heterocycles. The van der Waals surface area contributed by atoms with Gasteiger partial charge in [-0.25, -0.2) is 9.37 Å². The molecule has 0 spiro atoms. The molecule has 0 radical (unpaired) electrons. The molecule has 25 heavy (non-hydrogen) atoms. The summed E-state index contributed by atoms with van der Waals surface area (Å²) in [6.45, 7) is 4.85. The van der Waals surface area contributed by atoms with Crippen molar-refractivity contribution >= 4 is 16.8 Å². The number of aromatic nitrogens is 1. The lowest BCUT2D eigenvalue weighted by Gasteiger charge is -2.27. The van der Waals surface area contributed by atoms with Gasteiger partial charge in [-0.05, 0) is 61.3 Å².